The number of fused-ring (bicyclic) bond motifs is 1. The van der Waals surface area contributed by atoms with Crippen LogP contribution < -0.4 is 10.6 Å². The SMILES string of the molecule is CSc1cc(-c2cc(C)n(C)n2)ccc1Nc1cc(Nc2cnc(C)c(C)n2)nc2c1nc(C)n2PI. The van der Waals surface area contributed by atoms with Gasteiger partial charge in [0.15, 0.2) is 5.65 Å². The van der Waals surface area contributed by atoms with Gasteiger partial charge in [-0.3, -0.25) is 14.0 Å². The smallest absolute Gasteiger partial charge is 0.168 e. The highest BCUT2D eigenvalue weighted by Crippen LogP contribution is 2.38. The topological polar surface area (TPSA) is 98.4 Å². The normalized spacial score (nSPS) is 11.6. The molecule has 190 valence electrons. The Labute approximate surface area is 234 Å². The molecule has 4 aromatic heterocycles. The van der Waals surface area contributed by atoms with E-state index in [1.165, 1.54) is 0 Å². The van der Waals surface area contributed by atoms with Crippen molar-refractivity contribution in [1.82, 2.24) is 34.1 Å². The van der Waals surface area contributed by atoms with Gasteiger partial charge in [-0.05, 0) is 74.2 Å². The lowest BCUT2D eigenvalue weighted by Crippen LogP contribution is -2.02. The molecule has 4 heterocycles. The minimum atomic E-state index is 0.478. The quantitative estimate of drug-likeness (QED) is 0.113. The molecular weight excluding hydrogens is 616 g/mol. The van der Waals surface area contributed by atoms with E-state index in [1.807, 2.05) is 38.6 Å². The second kappa shape index (κ2) is 10.5. The predicted octanol–water partition coefficient (Wildman–Crippen LogP) is 6.86. The van der Waals surface area contributed by atoms with Crippen molar-refractivity contribution >= 4 is 74.4 Å². The van der Waals surface area contributed by atoms with Gasteiger partial charge in [0.25, 0.3) is 0 Å². The molecule has 0 aliphatic heterocycles. The molecule has 0 spiro atoms. The standard InChI is InChI=1S/C25H27IN9PS/c1-13-9-19(33-34(13)5)17-7-8-18(21(10-17)37-6)30-20-11-22(31-23-12-27-14(2)15(3)28-23)32-25-24(20)29-16(4)35(25)36-26/h7-12,36H,1-6H3,(H2,28,30,31,32). The van der Waals surface area contributed by atoms with Crippen molar-refractivity contribution < 1.29 is 0 Å². The number of thioether (sulfide) groups is 1. The molecule has 0 saturated heterocycles. The van der Waals surface area contributed by atoms with Crippen LogP contribution in [0, 0.1) is 27.7 Å². The van der Waals surface area contributed by atoms with Gasteiger partial charge in [-0.2, -0.15) is 5.10 Å². The van der Waals surface area contributed by atoms with E-state index >= 15 is 0 Å². The summed E-state index contributed by atoms with van der Waals surface area (Å²) in [5.41, 5.74) is 8.48. The van der Waals surface area contributed by atoms with E-state index in [-0.39, 0.29) is 0 Å². The van der Waals surface area contributed by atoms with E-state index in [0.29, 0.717) is 18.0 Å². The summed E-state index contributed by atoms with van der Waals surface area (Å²) in [6.07, 6.45) is 4.29. The van der Waals surface area contributed by atoms with E-state index < -0.39 is 0 Å². The average Bonchev–Trinajstić information content (AvgIpc) is 3.39. The number of halogens is 1. The summed E-state index contributed by atoms with van der Waals surface area (Å²) < 4.78 is 4.02. The van der Waals surface area contributed by atoms with Gasteiger partial charge in [0.05, 0.1) is 41.0 Å². The molecule has 0 aliphatic rings. The van der Waals surface area contributed by atoms with Crippen LogP contribution >= 0.6 is 40.2 Å². The summed E-state index contributed by atoms with van der Waals surface area (Å²) in [4.78, 5) is 19.9. The third-order valence-electron chi connectivity index (χ3n) is 6.20. The number of rotatable bonds is 7. The fourth-order valence-corrected chi connectivity index (χ4v) is 6.68. The minimum Gasteiger partial charge on any atom is -0.353 e. The number of nitrogens with one attached hydrogen (secondary N) is 2. The van der Waals surface area contributed by atoms with E-state index in [4.69, 9.17) is 9.97 Å². The van der Waals surface area contributed by atoms with E-state index in [1.54, 1.807) is 18.0 Å². The lowest BCUT2D eigenvalue weighted by Gasteiger charge is -2.14. The molecule has 0 saturated carbocycles. The van der Waals surface area contributed by atoms with Crippen molar-refractivity contribution in [2.24, 2.45) is 7.05 Å². The molecule has 2 N–H and O–H groups in total. The first-order valence-corrected chi connectivity index (χ1v) is 16.9. The summed E-state index contributed by atoms with van der Waals surface area (Å²) in [5, 5.41) is 11.6. The Morgan fingerprint density at radius 3 is 2.41 bits per heavy atom. The second-order valence-corrected chi connectivity index (χ2v) is 11.6. The Morgan fingerprint density at radius 1 is 0.919 bits per heavy atom. The summed E-state index contributed by atoms with van der Waals surface area (Å²) in [6, 6.07) is 10.5. The highest BCUT2D eigenvalue weighted by Gasteiger charge is 2.17. The molecule has 0 fully saturated rings. The maximum atomic E-state index is 4.89. The highest BCUT2D eigenvalue weighted by atomic mass is 127. The van der Waals surface area contributed by atoms with Crippen molar-refractivity contribution in [3.05, 3.63) is 59.4 Å². The van der Waals surface area contributed by atoms with Crippen LogP contribution in [0.1, 0.15) is 22.9 Å². The number of aromatic nitrogens is 7. The maximum Gasteiger partial charge on any atom is 0.168 e. The molecule has 0 aliphatic carbocycles. The molecular formula is C25H27IN9PS. The molecule has 1 atom stereocenters. The Bertz CT molecular complexity index is 1610. The van der Waals surface area contributed by atoms with Crippen LogP contribution in [0.5, 0.6) is 0 Å². The number of benzene rings is 1. The second-order valence-electron chi connectivity index (χ2n) is 8.69. The summed E-state index contributed by atoms with van der Waals surface area (Å²) >= 11 is 4.05. The van der Waals surface area contributed by atoms with Crippen molar-refractivity contribution in [2.75, 3.05) is 16.9 Å². The molecule has 0 bridgehead atoms. The molecule has 37 heavy (non-hydrogen) atoms. The van der Waals surface area contributed by atoms with Crippen LogP contribution in [0.15, 0.2) is 41.4 Å². The summed E-state index contributed by atoms with van der Waals surface area (Å²) in [7, 11) is 1.96. The Hall–Kier alpha value is -2.76. The predicted molar refractivity (Wildman–Crippen MR) is 163 cm³/mol. The van der Waals surface area contributed by atoms with E-state index in [9.17, 15) is 0 Å². The minimum absolute atomic E-state index is 0.478. The van der Waals surface area contributed by atoms with Crippen LogP contribution in [0.25, 0.3) is 22.4 Å². The van der Waals surface area contributed by atoms with Crippen molar-refractivity contribution in [2.45, 2.75) is 32.6 Å². The third kappa shape index (κ3) is 5.17. The maximum absolute atomic E-state index is 4.89. The first kappa shape index (κ1) is 25.9. The third-order valence-corrected chi connectivity index (χ3v) is 9.13. The Morgan fingerprint density at radius 2 is 1.73 bits per heavy atom. The summed E-state index contributed by atoms with van der Waals surface area (Å²) in [5.74, 6) is 2.25. The molecule has 5 aromatic rings. The zero-order valence-corrected chi connectivity index (χ0v) is 25.4. The molecule has 1 unspecified atom stereocenters. The molecule has 1 aromatic carbocycles. The van der Waals surface area contributed by atoms with Crippen molar-refractivity contribution in [3.63, 3.8) is 0 Å². The number of aryl methyl sites for hydroxylation is 5. The molecule has 0 radical (unpaired) electrons. The van der Waals surface area contributed by atoms with Gasteiger partial charge in [-0.15, -0.1) is 11.8 Å². The van der Waals surface area contributed by atoms with Gasteiger partial charge >= 0.3 is 0 Å². The highest BCUT2D eigenvalue weighted by molar-refractivity contribution is 14.2. The first-order valence-electron chi connectivity index (χ1n) is 11.6. The summed E-state index contributed by atoms with van der Waals surface area (Å²) in [6.45, 7) is 7.97. The van der Waals surface area contributed by atoms with Crippen molar-refractivity contribution in [1.29, 1.82) is 0 Å². The number of pyridine rings is 1. The van der Waals surface area contributed by atoms with Gasteiger partial charge in [0.2, 0.25) is 0 Å². The van der Waals surface area contributed by atoms with Crippen LogP contribution in [-0.4, -0.2) is 40.3 Å². The number of anilines is 4. The Kier molecular flexibility index (Phi) is 7.37. The first-order chi connectivity index (χ1) is 17.8. The largest absolute Gasteiger partial charge is 0.353 e. The monoisotopic (exact) mass is 643 g/mol. The number of imidazole rings is 1. The molecule has 12 heteroatoms. The molecule has 0 amide bonds. The zero-order chi connectivity index (χ0) is 26.3. The van der Waals surface area contributed by atoms with Crippen LogP contribution in [0.2, 0.25) is 0 Å². The van der Waals surface area contributed by atoms with Crippen molar-refractivity contribution in [3.8, 4) is 11.3 Å². The fourth-order valence-electron chi connectivity index (χ4n) is 3.95. The number of nitrogens with zero attached hydrogens (tertiary/aromatic N) is 7. The molecule has 5 rings (SSSR count). The van der Waals surface area contributed by atoms with Gasteiger partial charge in [-0.25, -0.2) is 15.0 Å². The van der Waals surface area contributed by atoms with Gasteiger partial charge in [0.1, 0.15) is 23.0 Å². The van der Waals surface area contributed by atoms with Gasteiger partial charge < -0.3 is 10.6 Å². The van der Waals surface area contributed by atoms with Crippen LogP contribution in [0.3, 0.4) is 0 Å². The lowest BCUT2D eigenvalue weighted by atomic mass is 10.1. The van der Waals surface area contributed by atoms with Gasteiger partial charge in [0, 0.05) is 29.3 Å². The Balaban J connectivity index is 1.56. The van der Waals surface area contributed by atoms with E-state index in [2.05, 4.69) is 89.5 Å². The van der Waals surface area contributed by atoms with Crippen LogP contribution in [-0.2, 0) is 7.05 Å². The zero-order valence-electron chi connectivity index (χ0n) is 21.4. The molecule has 9 nitrogen and oxygen atoms in total. The lowest BCUT2D eigenvalue weighted by molar-refractivity contribution is 0.743. The number of hydrogen-bond donors (Lipinski definition) is 2. The average molecular weight is 643 g/mol. The van der Waals surface area contributed by atoms with E-state index in [0.717, 1.165) is 61.6 Å². The number of hydrogen-bond acceptors (Lipinski definition) is 8. The van der Waals surface area contributed by atoms with Gasteiger partial charge in [-0.1, -0.05) is 6.07 Å². The fraction of sp³-hybridized carbons (Fsp3) is 0.240. The van der Waals surface area contributed by atoms with Crippen LogP contribution in [0.4, 0.5) is 23.0 Å².